The second kappa shape index (κ2) is 6.25. The minimum Gasteiger partial charge on any atom is -0.277 e. The monoisotopic (exact) mass is 378 g/mol. The molecule has 0 spiro atoms. The summed E-state index contributed by atoms with van der Waals surface area (Å²) in [4.78, 5) is 24.8. The summed E-state index contributed by atoms with van der Waals surface area (Å²) in [5.74, 6) is -0.961. The summed E-state index contributed by atoms with van der Waals surface area (Å²) in [5.41, 5.74) is 0.922. The molecule has 1 aliphatic heterocycles. The molecule has 2 aromatic carbocycles. The predicted octanol–water partition coefficient (Wildman–Crippen LogP) is 2.61. The van der Waals surface area contributed by atoms with E-state index in [1.165, 1.54) is 25.2 Å². The highest BCUT2D eigenvalue weighted by Crippen LogP contribution is 2.27. The molecule has 1 atom stereocenters. The largest absolute Gasteiger partial charge is 0.277 e. The van der Waals surface area contributed by atoms with Gasteiger partial charge < -0.3 is 0 Å². The number of rotatable bonds is 4. The van der Waals surface area contributed by atoms with Crippen molar-refractivity contribution in [2.24, 2.45) is 0 Å². The SMILES string of the molecule is CC(NS(=O)(=O)c1ccc2c(c1)C(=O)N(C)C2=O)c1ccccc1Cl. The van der Waals surface area contributed by atoms with Gasteiger partial charge in [0.25, 0.3) is 11.8 Å². The number of halogens is 1. The van der Waals surface area contributed by atoms with Gasteiger partial charge in [-0.25, -0.2) is 13.1 Å². The lowest BCUT2D eigenvalue weighted by Crippen LogP contribution is -2.27. The Hall–Kier alpha value is -2.22. The molecular weight excluding hydrogens is 364 g/mol. The van der Waals surface area contributed by atoms with E-state index in [1.807, 2.05) is 0 Å². The summed E-state index contributed by atoms with van der Waals surface area (Å²) < 4.78 is 27.8. The Morgan fingerprint density at radius 2 is 1.68 bits per heavy atom. The molecule has 0 bridgehead atoms. The molecule has 0 aliphatic carbocycles. The molecule has 1 aliphatic rings. The maximum absolute atomic E-state index is 12.6. The van der Waals surface area contributed by atoms with Gasteiger partial charge in [0, 0.05) is 18.1 Å². The summed E-state index contributed by atoms with van der Waals surface area (Å²) in [6.07, 6.45) is 0. The topological polar surface area (TPSA) is 83.6 Å². The third kappa shape index (κ3) is 3.06. The molecule has 6 nitrogen and oxygen atoms in total. The van der Waals surface area contributed by atoms with Crippen molar-refractivity contribution in [2.45, 2.75) is 17.9 Å². The maximum atomic E-state index is 12.6. The zero-order valence-corrected chi connectivity index (χ0v) is 15.1. The zero-order chi connectivity index (χ0) is 18.4. The van der Waals surface area contributed by atoms with Crippen LogP contribution in [0.25, 0.3) is 0 Å². The molecule has 0 saturated heterocycles. The summed E-state index contributed by atoms with van der Waals surface area (Å²) in [5, 5.41) is 0.453. The number of imide groups is 1. The normalized spacial score (nSPS) is 15.4. The van der Waals surface area contributed by atoms with Gasteiger partial charge in [0.1, 0.15) is 0 Å². The molecule has 3 rings (SSSR count). The molecule has 1 heterocycles. The summed E-state index contributed by atoms with van der Waals surface area (Å²) in [7, 11) is -2.54. The van der Waals surface area contributed by atoms with Crippen LogP contribution in [-0.2, 0) is 10.0 Å². The van der Waals surface area contributed by atoms with Gasteiger partial charge in [-0.2, -0.15) is 0 Å². The average molecular weight is 379 g/mol. The highest BCUT2D eigenvalue weighted by Gasteiger charge is 2.34. The Morgan fingerprint density at radius 1 is 1.04 bits per heavy atom. The number of carbonyl (C=O) groups is 2. The standard InChI is InChI=1S/C17H15ClN2O4S/c1-10(12-5-3-4-6-15(12)18)19-25(23,24)11-7-8-13-14(9-11)17(22)20(2)16(13)21/h3-10,19H,1-2H3. The van der Waals surface area contributed by atoms with E-state index in [1.54, 1.807) is 31.2 Å². The quantitative estimate of drug-likeness (QED) is 0.829. The second-order valence-electron chi connectivity index (χ2n) is 5.74. The van der Waals surface area contributed by atoms with Gasteiger partial charge in [-0.15, -0.1) is 0 Å². The zero-order valence-electron chi connectivity index (χ0n) is 13.5. The van der Waals surface area contributed by atoms with E-state index >= 15 is 0 Å². The molecule has 0 saturated carbocycles. The first-order valence-corrected chi connectivity index (χ1v) is 9.31. The molecule has 8 heteroatoms. The Morgan fingerprint density at radius 3 is 2.36 bits per heavy atom. The van der Waals surface area contributed by atoms with Crippen molar-refractivity contribution in [3.05, 3.63) is 64.2 Å². The summed E-state index contributed by atoms with van der Waals surface area (Å²) >= 11 is 6.10. The van der Waals surface area contributed by atoms with Crippen LogP contribution in [0, 0.1) is 0 Å². The van der Waals surface area contributed by atoms with E-state index < -0.39 is 27.9 Å². The van der Waals surface area contributed by atoms with Crippen LogP contribution in [0.4, 0.5) is 0 Å². The van der Waals surface area contributed by atoms with Gasteiger partial charge in [0.15, 0.2) is 0 Å². The molecule has 1 N–H and O–H groups in total. The van der Waals surface area contributed by atoms with Gasteiger partial charge >= 0.3 is 0 Å². The minimum absolute atomic E-state index is 0.0818. The van der Waals surface area contributed by atoms with Crippen LogP contribution in [-0.4, -0.2) is 32.2 Å². The number of fused-ring (bicyclic) bond motifs is 1. The molecular formula is C17H15ClN2O4S. The van der Waals surface area contributed by atoms with Crippen molar-refractivity contribution in [1.82, 2.24) is 9.62 Å². The first kappa shape index (κ1) is 17.6. The van der Waals surface area contributed by atoms with E-state index in [-0.39, 0.29) is 16.0 Å². The Kier molecular flexibility index (Phi) is 4.40. The van der Waals surface area contributed by atoms with E-state index in [4.69, 9.17) is 11.6 Å². The number of sulfonamides is 1. The van der Waals surface area contributed by atoms with Crippen molar-refractivity contribution in [1.29, 1.82) is 0 Å². The Balaban J connectivity index is 1.93. The van der Waals surface area contributed by atoms with E-state index in [9.17, 15) is 18.0 Å². The van der Waals surface area contributed by atoms with Crippen molar-refractivity contribution >= 4 is 33.4 Å². The van der Waals surface area contributed by atoms with Crippen LogP contribution in [0.5, 0.6) is 0 Å². The fourth-order valence-corrected chi connectivity index (χ4v) is 4.25. The molecule has 1 unspecified atom stereocenters. The number of amides is 2. The lowest BCUT2D eigenvalue weighted by Gasteiger charge is -2.16. The minimum atomic E-state index is -3.90. The Bertz CT molecular complexity index is 988. The third-order valence-corrected chi connectivity index (χ3v) is 5.96. The number of hydrogen-bond acceptors (Lipinski definition) is 4. The molecule has 25 heavy (non-hydrogen) atoms. The molecule has 0 radical (unpaired) electrons. The summed E-state index contributed by atoms with van der Waals surface area (Å²) in [6, 6.07) is 10.3. The van der Waals surface area contributed by atoms with Crippen LogP contribution in [0.3, 0.4) is 0 Å². The third-order valence-electron chi connectivity index (χ3n) is 4.08. The van der Waals surface area contributed by atoms with E-state index in [0.29, 0.717) is 10.6 Å². The number of benzene rings is 2. The van der Waals surface area contributed by atoms with Crippen molar-refractivity contribution in [3.63, 3.8) is 0 Å². The second-order valence-corrected chi connectivity index (χ2v) is 7.86. The first-order valence-electron chi connectivity index (χ1n) is 7.45. The van der Waals surface area contributed by atoms with Gasteiger partial charge in [-0.05, 0) is 36.8 Å². The highest BCUT2D eigenvalue weighted by molar-refractivity contribution is 7.89. The first-order chi connectivity index (χ1) is 11.7. The molecule has 2 aromatic rings. The molecule has 130 valence electrons. The number of nitrogens with zero attached hydrogens (tertiary/aromatic N) is 1. The number of carbonyl (C=O) groups excluding carboxylic acids is 2. The predicted molar refractivity (Wildman–Crippen MR) is 93.1 cm³/mol. The molecule has 0 fully saturated rings. The van der Waals surface area contributed by atoms with Crippen molar-refractivity contribution in [3.8, 4) is 0 Å². The van der Waals surface area contributed by atoms with Crippen LogP contribution < -0.4 is 4.72 Å². The van der Waals surface area contributed by atoms with Gasteiger partial charge in [-0.3, -0.25) is 14.5 Å². The lowest BCUT2D eigenvalue weighted by molar-refractivity contribution is 0.0693. The smallest absolute Gasteiger partial charge is 0.261 e. The molecule has 2 amide bonds. The lowest BCUT2D eigenvalue weighted by atomic mass is 10.1. The fraction of sp³-hybridized carbons (Fsp3) is 0.176. The number of nitrogens with one attached hydrogen (secondary N) is 1. The maximum Gasteiger partial charge on any atom is 0.261 e. The van der Waals surface area contributed by atoms with Crippen LogP contribution in [0.2, 0.25) is 5.02 Å². The van der Waals surface area contributed by atoms with E-state index in [2.05, 4.69) is 4.72 Å². The van der Waals surface area contributed by atoms with Gasteiger partial charge in [-0.1, -0.05) is 29.8 Å². The fourth-order valence-electron chi connectivity index (χ4n) is 2.70. The number of hydrogen-bond donors (Lipinski definition) is 1. The van der Waals surface area contributed by atoms with Crippen LogP contribution in [0.15, 0.2) is 47.4 Å². The van der Waals surface area contributed by atoms with Gasteiger partial charge in [0.05, 0.1) is 16.0 Å². The van der Waals surface area contributed by atoms with Crippen LogP contribution >= 0.6 is 11.6 Å². The van der Waals surface area contributed by atoms with E-state index in [0.717, 1.165) is 4.90 Å². The Labute approximate surface area is 150 Å². The van der Waals surface area contributed by atoms with Crippen LogP contribution in [0.1, 0.15) is 39.2 Å². The van der Waals surface area contributed by atoms with Crippen molar-refractivity contribution in [2.75, 3.05) is 7.05 Å². The average Bonchev–Trinajstić information content (AvgIpc) is 2.79. The highest BCUT2D eigenvalue weighted by atomic mass is 35.5. The molecule has 0 aromatic heterocycles. The van der Waals surface area contributed by atoms with Gasteiger partial charge in [0.2, 0.25) is 10.0 Å². The summed E-state index contributed by atoms with van der Waals surface area (Å²) in [6.45, 7) is 1.68. The van der Waals surface area contributed by atoms with Crippen molar-refractivity contribution < 1.29 is 18.0 Å².